The molecule has 3 aromatic rings. The molecule has 14 heteroatoms. The van der Waals surface area contributed by atoms with Crippen molar-refractivity contribution in [1.29, 1.82) is 0 Å². The fraction of sp³-hybridized carbons (Fsp3) is 0.467. The monoisotopic (exact) mass is 638 g/mol. The van der Waals surface area contributed by atoms with Gasteiger partial charge in [0.25, 0.3) is 0 Å². The van der Waals surface area contributed by atoms with E-state index in [1.807, 2.05) is 35.4 Å². The van der Waals surface area contributed by atoms with E-state index in [0.717, 1.165) is 10.6 Å². The number of alkyl halides is 3. The van der Waals surface area contributed by atoms with E-state index in [-0.39, 0.29) is 24.8 Å². The quantitative estimate of drug-likeness (QED) is 0.0999. The number of benzene rings is 2. The summed E-state index contributed by atoms with van der Waals surface area (Å²) in [6.45, 7) is 0.0299. The molecule has 2 aromatic carbocycles. The van der Waals surface area contributed by atoms with Gasteiger partial charge in [0.05, 0.1) is 43.3 Å². The third kappa shape index (κ3) is 9.67. The number of halogens is 3. The molecule has 4 rings (SSSR count). The molecule has 10 nitrogen and oxygen atoms in total. The number of hydrogen-bond donors (Lipinski definition) is 6. The van der Waals surface area contributed by atoms with Gasteiger partial charge in [-0.05, 0) is 61.4 Å². The second-order valence-electron chi connectivity index (χ2n) is 10.4. The van der Waals surface area contributed by atoms with E-state index >= 15 is 0 Å². The Morgan fingerprint density at radius 3 is 2.50 bits per heavy atom. The number of methoxy groups -OCH3 is 1. The number of likely N-dealkylation sites (tertiary alicyclic amines) is 1. The molecule has 1 unspecified atom stereocenters. The lowest BCUT2D eigenvalue weighted by molar-refractivity contribution is -0.457. The number of fused-ring (bicyclic) bond motifs is 1. The van der Waals surface area contributed by atoms with Crippen molar-refractivity contribution >= 4 is 34.0 Å². The van der Waals surface area contributed by atoms with Gasteiger partial charge in [-0.3, -0.25) is 0 Å². The zero-order chi connectivity index (χ0) is 31.9. The largest absolute Gasteiger partial charge is 0.495 e. The molecule has 0 radical (unpaired) electrons. The molecule has 0 amide bonds. The van der Waals surface area contributed by atoms with Crippen LogP contribution in [0.4, 0.5) is 24.5 Å². The Morgan fingerprint density at radius 2 is 1.84 bits per heavy atom. The molecule has 0 spiro atoms. The van der Waals surface area contributed by atoms with E-state index in [4.69, 9.17) is 20.1 Å². The number of piperidine rings is 1. The summed E-state index contributed by atoms with van der Waals surface area (Å²) in [6.07, 6.45) is -5.40. The summed E-state index contributed by atoms with van der Waals surface area (Å²) in [5.74, 6) is 6.52. The summed E-state index contributed by atoms with van der Waals surface area (Å²) < 4.78 is 51.8. The van der Waals surface area contributed by atoms with Crippen molar-refractivity contribution in [1.82, 2.24) is 9.47 Å². The van der Waals surface area contributed by atoms with Crippen LogP contribution in [0.1, 0.15) is 18.5 Å². The van der Waals surface area contributed by atoms with E-state index in [1.54, 1.807) is 37.1 Å². The number of aliphatic hydroxyl groups excluding tert-OH is 1. The number of aromatic nitrogens is 1. The predicted molar refractivity (Wildman–Crippen MR) is 163 cm³/mol. The van der Waals surface area contributed by atoms with E-state index < -0.39 is 31.6 Å². The number of nitrogens with one attached hydrogen (secondary N) is 2. The molecule has 1 aliphatic rings. The molecule has 1 saturated heterocycles. The molecule has 44 heavy (non-hydrogen) atoms. The predicted octanol–water partition coefficient (Wildman–Crippen LogP) is 3.24. The fourth-order valence-electron chi connectivity index (χ4n) is 5.12. The number of thioether (sulfide) groups is 1. The van der Waals surface area contributed by atoms with Crippen molar-refractivity contribution in [2.75, 3.05) is 56.8 Å². The Morgan fingerprint density at radius 1 is 1.09 bits per heavy atom. The van der Waals surface area contributed by atoms with Crippen LogP contribution >= 0.6 is 11.8 Å². The molecule has 1 atom stereocenters. The van der Waals surface area contributed by atoms with Crippen LogP contribution < -0.4 is 15.4 Å². The van der Waals surface area contributed by atoms with Crippen LogP contribution in [-0.4, -0.2) is 101 Å². The number of β-amino-alcohol motifs (C(OH)–C–C–N with tert-alkyl or cyclic N) is 1. The molecule has 6 N–H and O–H groups in total. The van der Waals surface area contributed by atoms with E-state index in [2.05, 4.69) is 27.2 Å². The maximum absolute atomic E-state index is 13.6. The summed E-state index contributed by atoms with van der Waals surface area (Å²) >= 11 is 1.58. The molecular formula is C30H37F3N4O6S. The fourth-order valence-corrected chi connectivity index (χ4v) is 5.55. The first-order chi connectivity index (χ1) is 20.8. The zero-order valence-electron chi connectivity index (χ0n) is 24.4. The van der Waals surface area contributed by atoms with Gasteiger partial charge in [0.15, 0.2) is 0 Å². The first kappa shape index (κ1) is 33.7. The maximum Gasteiger partial charge on any atom is 0.406 e. The lowest BCUT2D eigenvalue weighted by Crippen LogP contribution is -2.44. The SMILES string of the molecule is COc1cc(SC)ccc1NCC#Cc1cc2c(NC3CCN(CC(O)COC(O)(O)O)CC3)cccc2n1CC(F)(F)F. The summed E-state index contributed by atoms with van der Waals surface area (Å²) in [5.41, 5.74) is 2.12. The van der Waals surface area contributed by atoms with Gasteiger partial charge in [0, 0.05) is 41.6 Å². The Bertz CT molecular complexity index is 1460. The summed E-state index contributed by atoms with van der Waals surface area (Å²) in [6, 6.07) is 12.6. The van der Waals surface area contributed by atoms with Gasteiger partial charge in [0.1, 0.15) is 12.3 Å². The van der Waals surface area contributed by atoms with Crippen molar-refractivity contribution in [2.45, 2.75) is 48.8 Å². The molecule has 1 aliphatic heterocycles. The third-order valence-electron chi connectivity index (χ3n) is 7.16. The highest BCUT2D eigenvalue weighted by Gasteiger charge is 2.30. The van der Waals surface area contributed by atoms with Gasteiger partial charge < -0.3 is 50.0 Å². The first-order valence-electron chi connectivity index (χ1n) is 14.0. The molecular weight excluding hydrogens is 601 g/mol. The van der Waals surface area contributed by atoms with Crippen LogP contribution in [-0.2, 0) is 11.3 Å². The number of rotatable bonds is 12. The van der Waals surface area contributed by atoms with Gasteiger partial charge in [0.2, 0.25) is 0 Å². The number of ether oxygens (including phenoxy) is 2. The first-order valence-corrected chi connectivity index (χ1v) is 15.2. The van der Waals surface area contributed by atoms with Crippen molar-refractivity contribution in [3.63, 3.8) is 0 Å². The van der Waals surface area contributed by atoms with Gasteiger partial charge >= 0.3 is 12.3 Å². The molecule has 0 bridgehead atoms. The van der Waals surface area contributed by atoms with E-state index in [0.29, 0.717) is 48.3 Å². The molecule has 0 aliphatic carbocycles. The molecule has 2 heterocycles. The second-order valence-corrected chi connectivity index (χ2v) is 11.3. The Kier molecular flexibility index (Phi) is 11.3. The van der Waals surface area contributed by atoms with Gasteiger partial charge in [-0.1, -0.05) is 12.0 Å². The van der Waals surface area contributed by atoms with E-state index in [1.165, 1.54) is 4.57 Å². The average Bonchev–Trinajstić information content (AvgIpc) is 3.31. The van der Waals surface area contributed by atoms with Crippen LogP contribution in [0, 0.1) is 11.8 Å². The van der Waals surface area contributed by atoms with Crippen molar-refractivity contribution < 1.29 is 43.1 Å². The second kappa shape index (κ2) is 14.7. The van der Waals surface area contributed by atoms with Gasteiger partial charge in [-0.15, -0.1) is 11.8 Å². The highest BCUT2D eigenvalue weighted by molar-refractivity contribution is 7.98. The van der Waals surface area contributed by atoms with Crippen LogP contribution in [0.2, 0.25) is 0 Å². The normalized spacial score (nSPS) is 15.6. The maximum atomic E-state index is 13.6. The minimum Gasteiger partial charge on any atom is -0.495 e. The summed E-state index contributed by atoms with van der Waals surface area (Å²) in [7, 11) is 1.57. The van der Waals surface area contributed by atoms with E-state index in [9.17, 15) is 18.3 Å². The van der Waals surface area contributed by atoms with Crippen LogP contribution in [0.5, 0.6) is 5.75 Å². The summed E-state index contributed by atoms with van der Waals surface area (Å²) in [4.78, 5) is 3.02. The lowest BCUT2D eigenvalue weighted by Gasteiger charge is -2.34. The number of anilines is 2. The molecule has 0 saturated carbocycles. The standard InChI is InChI=1S/C30H37F3N4O6S/c1-42-28-16-23(44-2)8-9-26(28)34-12-4-5-21-15-24-25(6-3-7-27(24)37(21)19-29(31,32)33)35-20-10-13-36(14-11-20)17-22(38)18-43-30(39,40)41/h3,6-9,15-16,20,22,34-35,38-41H,10-14,17-19H2,1-2H3. The van der Waals surface area contributed by atoms with Gasteiger partial charge in [-0.2, -0.15) is 13.2 Å². The van der Waals surface area contributed by atoms with Gasteiger partial charge in [-0.25, -0.2) is 0 Å². The molecule has 240 valence electrons. The van der Waals surface area contributed by atoms with Crippen molar-refractivity contribution in [3.05, 3.63) is 48.2 Å². The van der Waals surface area contributed by atoms with Crippen LogP contribution in [0.15, 0.2) is 47.4 Å². The summed E-state index contributed by atoms with van der Waals surface area (Å²) in [5, 5.41) is 43.8. The Balaban J connectivity index is 1.45. The highest BCUT2D eigenvalue weighted by atomic mass is 32.2. The zero-order valence-corrected chi connectivity index (χ0v) is 25.2. The highest BCUT2D eigenvalue weighted by Crippen LogP contribution is 2.32. The molecule has 1 fully saturated rings. The Hall–Kier alpha value is -3.16. The minimum atomic E-state index is -4.44. The third-order valence-corrected chi connectivity index (χ3v) is 7.89. The minimum absolute atomic E-state index is 0.0439. The topological polar surface area (TPSA) is 132 Å². The Labute approximate surface area is 257 Å². The smallest absolute Gasteiger partial charge is 0.406 e. The number of nitrogens with zero attached hydrogens (tertiary/aromatic N) is 2. The van der Waals surface area contributed by atoms with Crippen molar-refractivity contribution in [2.24, 2.45) is 0 Å². The van der Waals surface area contributed by atoms with Crippen molar-refractivity contribution in [3.8, 4) is 17.6 Å². The van der Waals surface area contributed by atoms with Crippen LogP contribution in [0.3, 0.4) is 0 Å². The number of hydrogen-bond acceptors (Lipinski definition) is 10. The van der Waals surface area contributed by atoms with Crippen LogP contribution in [0.25, 0.3) is 10.9 Å². The number of aliphatic hydroxyl groups is 4. The average molecular weight is 639 g/mol. The lowest BCUT2D eigenvalue weighted by atomic mass is 10.0. The molecule has 1 aromatic heterocycles.